The summed E-state index contributed by atoms with van der Waals surface area (Å²) in [5, 5.41) is 11.0. The minimum absolute atomic E-state index is 0.0673. The van der Waals surface area contributed by atoms with Gasteiger partial charge in [-0.2, -0.15) is 5.10 Å². The molecule has 1 aliphatic rings. The first-order valence-electron chi connectivity index (χ1n) is 10.3. The van der Waals surface area contributed by atoms with Gasteiger partial charge in [-0.15, -0.1) is 0 Å². The zero-order valence-electron chi connectivity index (χ0n) is 17.3. The topological polar surface area (TPSA) is 116 Å². The van der Waals surface area contributed by atoms with E-state index in [-0.39, 0.29) is 23.1 Å². The molecule has 0 saturated carbocycles. The Morgan fingerprint density at radius 2 is 1.97 bits per heavy atom. The van der Waals surface area contributed by atoms with E-state index in [1.165, 1.54) is 10.6 Å². The zero-order chi connectivity index (χ0) is 21.7. The third-order valence-electron chi connectivity index (χ3n) is 6.00. The van der Waals surface area contributed by atoms with Crippen LogP contribution in [0, 0.1) is 6.92 Å². The number of carbonyl (C=O) groups is 1. The van der Waals surface area contributed by atoms with Crippen LogP contribution in [0.25, 0.3) is 16.4 Å². The van der Waals surface area contributed by atoms with E-state index in [1.54, 1.807) is 19.1 Å². The van der Waals surface area contributed by atoms with Crippen LogP contribution in [0.15, 0.2) is 46.0 Å². The van der Waals surface area contributed by atoms with Crippen LogP contribution >= 0.6 is 0 Å². The normalized spacial score (nSPS) is 17.5. The SMILES string of the molecule is Cc1cc(=O)n2[nH]c(C3CCCN3C(=O)C(C)c3n[nH]c(=O)c4ccccc34)cc2n1. The van der Waals surface area contributed by atoms with Crippen molar-refractivity contribution in [3.05, 3.63) is 74.2 Å². The lowest BCUT2D eigenvalue weighted by Gasteiger charge is -2.27. The smallest absolute Gasteiger partial charge is 0.272 e. The monoisotopic (exact) mass is 418 g/mol. The minimum atomic E-state index is -0.533. The number of nitrogens with one attached hydrogen (secondary N) is 2. The molecule has 158 valence electrons. The third-order valence-corrected chi connectivity index (χ3v) is 6.00. The molecule has 3 aromatic heterocycles. The lowest BCUT2D eigenvalue weighted by Crippen LogP contribution is -2.34. The van der Waals surface area contributed by atoms with Gasteiger partial charge in [-0.05, 0) is 32.8 Å². The third kappa shape index (κ3) is 3.13. The van der Waals surface area contributed by atoms with Gasteiger partial charge in [-0.1, -0.05) is 18.2 Å². The summed E-state index contributed by atoms with van der Waals surface area (Å²) in [4.78, 5) is 44.1. The molecule has 9 heteroatoms. The van der Waals surface area contributed by atoms with E-state index < -0.39 is 5.92 Å². The number of carbonyl (C=O) groups excluding carboxylic acids is 1. The second-order valence-electron chi connectivity index (χ2n) is 8.04. The van der Waals surface area contributed by atoms with Crippen molar-refractivity contribution in [3.8, 4) is 0 Å². The standard InChI is InChI=1S/C22H22N6O3/c1-12-10-19(29)28-18(23-12)11-16(26-28)17-8-5-9-27(17)22(31)13(2)20-14-6-3-4-7-15(14)21(30)25-24-20/h3-4,6-7,10-11,13,17,26H,5,8-9H2,1-2H3,(H,25,30). The number of rotatable bonds is 3. The highest BCUT2D eigenvalue weighted by Crippen LogP contribution is 2.34. The summed E-state index contributed by atoms with van der Waals surface area (Å²) in [5.74, 6) is -0.600. The van der Waals surface area contributed by atoms with E-state index in [9.17, 15) is 14.4 Å². The summed E-state index contributed by atoms with van der Waals surface area (Å²) in [6.07, 6.45) is 1.65. The maximum absolute atomic E-state index is 13.5. The van der Waals surface area contributed by atoms with Crippen molar-refractivity contribution < 1.29 is 4.79 Å². The van der Waals surface area contributed by atoms with E-state index in [2.05, 4.69) is 20.3 Å². The average Bonchev–Trinajstić information content (AvgIpc) is 3.40. The van der Waals surface area contributed by atoms with Gasteiger partial charge in [0.15, 0.2) is 5.65 Å². The van der Waals surface area contributed by atoms with Gasteiger partial charge in [-0.25, -0.2) is 14.6 Å². The van der Waals surface area contributed by atoms with Gasteiger partial charge in [0.25, 0.3) is 11.1 Å². The van der Waals surface area contributed by atoms with Gasteiger partial charge in [0.2, 0.25) is 5.91 Å². The highest BCUT2D eigenvalue weighted by Gasteiger charge is 2.35. The van der Waals surface area contributed by atoms with Crippen molar-refractivity contribution >= 4 is 22.3 Å². The molecule has 1 saturated heterocycles. The van der Waals surface area contributed by atoms with Crippen molar-refractivity contribution in [3.63, 3.8) is 0 Å². The second-order valence-corrected chi connectivity index (χ2v) is 8.04. The van der Waals surface area contributed by atoms with Gasteiger partial charge < -0.3 is 4.90 Å². The molecule has 2 atom stereocenters. The molecule has 1 aromatic carbocycles. The molecule has 0 aliphatic carbocycles. The summed E-state index contributed by atoms with van der Waals surface area (Å²) in [7, 11) is 0. The minimum Gasteiger partial charge on any atom is -0.334 e. The van der Waals surface area contributed by atoms with Gasteiger partial charge >= 0.3 is 0 Å². The molecule has 4 heterocycles. The van der Waals surface area contributed by atoms with Gasteiger partial charge in [0.05, 0.1) is 28.7 Å². The first kappa shape index (κ1) is 19.2. The number of likely N-dealkylation sites (tertiary alicyclic amines) is 1. The summed E-state index contributed by atoms with van der Waals surface area (Å²) in [5.41, 5.74) is 2.08. The number of aromatic amines is 2. The molecule has 4 aromatic rings. The molecule has 1 amide bonds. The van der Waals surface area contributed by atoms with E-state index in [1.807, 2.05) is 30.0 Å². The Kier molecular flexibility index (Phi) is 4.46. The molecular formula is C22H22N6O3. The van der Waals surface area contributed by atoms with Crippen LogP contribution in [0.3, 0.4) is 0 Å². The Morgan fingerprint density at radius 1 is 1.19 bits per heavy atom. The zero-order valence-corrected chi connectivity index (χ0v) is 17.3. The van der Waals surface area contributed by atoms with Crippen molar-refractivity contribution in [1.82, 2.24) is 29.7 Å². The first-order chi connectivity index (χ1) is 14.9. The number of fused-ring (bicyclic) bond motifs is 2. The Balaban J connectivity index is 1.51. The first-order valence-corrected chi connectivity index (χ1v) is 10.3. The van der Waals surface area contributed by atoms with Crippen LogP contribution in [0.5, 0.6) is 0 Å². The van der Waals surface area contributed by atoms with Crippen molar-refractivity contribution in [1.29, 1.82) is 0 Å². The molecule has 0 spiro atoms. The Morgan fingerprint density at radius 3 is 2.77 bits per heavy atom. The molecule has 9 nitrogen and oxygen atoms in total. The van der Waals surface area contributed by atoms with Crippen LogP contribution in [0.4, 0.5) is 0 Å². The number of benzene rings is 1. The molecule has 2 N–H and O–H groups in total. The molecule has 0 bridgehead atoms. The van der Waals surface area contributed by atoms with Gasteiger partial charge in [-0.3, -0.25) is 19.5 Å². The molecule has 0 radical (unpaired) electrons. The fourth-order valence-corrected chi connectivity index (χ4v) is 4.48. The summed E-state index contributed by atoms with van der Waals surface area (Å²) < 4.78 is 1.41. The second kappa shape index (κ2) is 7.19. The number of H-pyrrole nitrogens is 2. The van der Waals surface area contributed by atoms with Crippen LogP contribution < -0.4 is 11.1 Å². The van der Waals surface area contributed by atoms with E-state index in [0.29, 0.717) is 34.4 Å². The van der Waals surface area contributed by atoms with E-state index in [0.717, 1.165) is 18.5 Å². The molecule has 2 unspecified atom stereocenters. The predicted molar refractivity (Wildman–Crippen MR) is 115 cm³/mol. The Labute approximate surface area is 176 Å². The Bertz CT molecular complexity index is 1430. The molecule has 1 fully saturated rings. The highest BCUT2D eigenvalue weighted by atomic mass is 16.2. The van der Waals surface area contributed by atoms with Gasteiger partial charge in [0, 0.05) is 29.8 Å². The number of amides is 1. The van der Waals surface area contributed by atoms with Crippen molar-refractivity contribution in [2.75, 3.05) is 6.54 Å². The van der Waals surface area contributed by atoms with Crippen LogP contribution in [-0.2, 0) is 4.79 Å². The number of hydrogen-bond acceptors (Lipinski definition) is 5. The summed E-state index contributed by atoms with van der Waals surface area (Å²) in [6, 6.07) is 10.3. The average molecular weight is 418 g/mol. The number of nitrogens with zero attached hydrogens (tertiary/aromatic N) is 4. The maximum Gasteiger partial charge on any atom is 0.272 e. The molecule has 31 heavy (non-hydrogen) atoms. The molecular weight excluding hydrogens is 396 g/mol. The van der Waals surface area contributed by atoms with Crippen molar-refractivity contribution in [2.24, 2.45) is 0 Å². The predicted octanol–water partition coefficient (Wildman–Crippen LogP) is 2.03. The van der Waals surface area contributed by atoms with E-state index >= 15 is 0 Å². The molecule has 5 rings (SSSR count). The largest absolute Gasteiger partial charge is 0.334 e. The van der Waals surface area contributed by atoms with Crippen molar-refractivity contribution in [2.45, 2.75) is 38.6 Å². The fraction of sp³-hybridized carbons (Fsp3) is 0.318. The fourth-order valence-electron chi connectivity index (χ4n) is 4.48. The van der Waals surface area contributed by atoms with Crippen LogP contribution in [0.1, 0.15) is 48.8 Å². The Hall–Kier alpha value is -3.75. The maximum atomic E-state index is 13.5. The number of hydrogen-bond donors (Lipinski definition) is 2. The lowest BCUT2D eigenvalue weighted by atomic mass is 9.99. The summed E-state index contributed by atoms with van der Waals surface area (Å²) in [6.45, 7) is 4.21. The number of aryl methyl sites for hydroxylation is 1. The lowest BCUT2D eigenvalue weighted by molar-refractivity contribution is -0.133. The quantitative estimate of drug-likeness (QED) is 0.528. The van der Waals surface area contributed by atoms with Crippen LogP contribution in [0.2, 0.25) is 0 Å². The molecule has 1 aliphatic heterocycles. The summed E-state index contributed by atoms with van der Waals surface area (Å²) >= 11 is 0. The highest BCUT2D eigenvalue weighted by molar-refractivity contribution is 5.91. The van der Waals surface area contributed by atoms with E-state index in [4.69, 9.17) is 0 Å². The van der Waals surface area contributed by atoms with Crippen LogP contribution in [-0.4, -0.2) is 42.1 Å². The van der Waals surface area contributed by atoms with Gasteiger partial charge in [0.1, 0.15) is 0 Å². The number of aromatic nitrogens is 5.